The Labute approximate surface area is 156 Å². The molecule has 2 fully saturated rings. The van der Waals surface area contributed by atoms with E-state index >= 15 is 0 Å². The summed E-state index contributed by atoms with van der Waals surface area (Å²) in [5.41, 5.74) is 2.07. The van der Waals surface area contributed by atoms with Gasteiger partial charge in [-0.05, 0) is 45.4 Å². The van der Waals surface area contributed by atoms with Crippen LogP contribution >= 0.6 is 24.0 Å². The number of halogens is 1. The summed E-state index contributed by atoms with van der Waals surface area (Å²) in [6, 6.07) is 0. The van der Waals surface area contributed by atoms with E-state index in [0.29, 0.717) is 6.54 Å². The van der Waals surface area contributed by atoms with Gasteiger partial charge in [0.25, 0.3) is 0 Å². The minimum atomic E-state index is 0. The third kappa shape index (κ3) is 4.19. The molecule has 2 aliphatic rings. The smallest absolute Gasteiger partial charge is 0.194 e. The van der Waals surface area contributed by atoms with Crippen LogP contribution in [-0.4, -0.2) is 35.7 Å². The molecule has 1 aliphatic heterocycles. The highest BCUT2D eigenvalue weighted by Gasteiger charge is 2.35. The number of hydrogen-bond donors (Lipinski definition) is 1. The van der Waals surface area contributed by atoms with Crippen molar-refractivity contribution in [2.75, 3.05) is 19.6 Å². The first-order valence-electron chi connectivity index (χ1n) is 8.64. The first-order valence-corrected chi connectivity index (χ1v) is 8.64. The van der Waals surface area contributed by atoms with Gasteiger partial charge in [0.15, 0.2) is 5.96 Å². The first kappa shape index (κ1) is 18.5. The van der Waals surface area contributed by atoms with Crippen LogP contribution in [0.2, 0.25) is 0 Å². The number of aromatic nitrogens is 1. The standard InChI is InChI=1S/C17H28N4O.HI/c1-4-18-17(19-9-16-12(2)20-22-13(16)3)21-10-14-7-5-6-8-15(14)11-21;/h14-15H,4-11H2,1-3H3,(H,18,19);1H. The van der Waals surface area contributed by atoms with Crippen LogP contribution in [0.25, 0.3) is 0 Å². The normalized spacial score (nSPS) is 24.3. The number of fused-ring (bicyclic) bond motifs is 1. The van der Waals surface area contributed by atoms with Gasteiger partial charge in [0.05, 0.1) is 12.2 Å². The third-order valence-corrected chi connectivity index (χ3v) is 5.18. The number of hydrogen-bond acceptors (Lipinski definition) is 3. The van der Waals surface area contributed by atoms with E-state index in [4.69, 9.17) is 9.52 Å². The van der Waals surface area contributed by atoms with E-state index in [2.05, 4.69) is 22.3 Å². The number of rotatable bonds is 3. The van der Waals surface area contributed by atoms with Crippen LogP contribution in [0.15, 0.2) is 9.52 Å². The van der Waals surface area contributed by atoms with Crippen LogP contribution in [-0.2, 0) is 6.54 Å². The van der Waals surface area contributed by atoms with Crippen molar-refractivity contribution in [3.8, 4) is 0 Å². The molecule has 1 N–H and O–H groups in total. The fraction of sp³-hybridized carbons (Fsp3) is 0.765. The Morgan fingerprint density at radius 3 is 2.43 bits per heavy atom. The van der Waals surface area contributed by atoms with Crippen molar-refractivity contribution in [1.82, 2.24) is 15.4 Å². The molecule has 2 atom stereocenters. The Morgan fingerprint density at radius 1 is 1.26 bits per heavy atom. The number of aryl methyl sites for hydroxylation is 2. The van der Waals surface area contributed by atoms with Crippen molar-refractivity contribution >= 4 is 29.9 Å². The SMILES string of the molecule is CCNC(=NCc1c(C)noc1C)N1CC2CCCCC2C1.I. The zero-order chi connectivity index (χ0) is 15.5. The molecule has 130 valence electrons. The molecule has 5 nitrogen and oxygen atoms in total. The molecule has 6 heteroatoms. The van der Waals surface area contributed by atoms with Gasteiger partial charge in [0.2, 0.25) is 0 Å². The third-order valence-electron chi connectivity index (χ3n) is 5.18. The lowest BCUT2D eigenvalue weighted by Gasteiger charge is -2.22. The van der Waals surface area contributed by atoms with Crippen molar-refractivity contribution in [2.45, 2.75) is 53.0 Å². The Bertz CT molecular complexity index is 509. The van der Waals surface area contributed by atoms with Crippen molar-refractivity contribution in [2.24, 2.45) is 16.8 Å². The zero-order valence-electron chi connectivity index (χ0n) is 14.5. The Kier molecular flexibility index (Phi) is 6.73. The molecule has 0 amide bonds. The second kappa shape index (κ2) is 8.35. The average Bonchev–Trinajstić information content (AvgIpc) is 3.08. The van der Waals surface area contributed by atoms with Crippen LogP contribution in [0.5, 0.6) is 0 Å². The van der Waals surface area contributed by atoms with E-state index in [-0.39, 0.29) is 24.0 Å². The van der Waals surface area contributed by atoms with Crippen molar-refractivity contribution < 1.29 is 4.52 Å². The summed E-state index contributed by atoms with van der Waals surface area (Å²) >= 11 is 0. The van der Waals surface area contributed by atoms with Crippen molar-refractivity contribution in [3.63, 3.8) is 0 Å². The number of likely N-dealkylation sites (tertiary alicyclic amines) is 1. The van der Waals surface area contributed by atoms with Crippen LogP contribution in [0.4, 0.5) is 0 Å². The molecule has 1 saturated carbocycles. The highest BCUT2D eigenvalue weighted by Crippen LogP contribution is 2.36. The fourth-order valence-corrected chi connectivity index (χ4v) is 3.89. The minimum absolute atomic E-state index is 0. The maximum atomic E-state index is 5.24. The van der Waals surface area contributed by atoms with Gasteiger partial charge in [0, 0.05) is 25.2 Å². The molecule has 3 rings (SSSR count). The molecule has 0 aromatic carbocycles. The topological polar surface area (TPSA) is 53.7 Å². The molecule has 23 heavy (non-hydrogen) atoms. The zero-order valence-corrected chi connectivity index (χ0v) is 16.8. The van der Waals surface area contributed by atoms with Gasteiger partial charge in [0.1, 0.15) is 5.76 Å². The van der Waals surface area contributed by atoms with E-state index < -0.39 is 0 Å². The predicted octanol–water partition coefficient (Wildman–Crippen LogP) is 3.50. The Balaban J connectivity index is 0.00000192. The summed E-state index contributed by atoms with van der Waals surface area (Å²) in [7, 11) is 0. The van der Waals surface area contributed by atoms with Crippen LogP contribution < -0.4 is 5.32 Å². The van der Waals surface area contributed by atoms with Crippen LogP contribution in [0.1, 0.15) is 49.6 Å². The number of nitrogens with one attached hydrogen (secondary N) is 1. The second-order valence-electron chi connectivity index (χ2n) is 6.68. The lowest BCUT2D eigenvalue weighted by Crippen LogP contribution is -2.40. The summed E-state index contributed by atoms with van der Waals surface area (Å²) < 4.78 is 5.24. The first-order chi connectivity index (χ1) is 10.7. The molecular weight excluding hydrogens is 403 g/mol. The lowest BCUT2D eigenvalue weighted by molar-refractivity contribution is 0.299. The highest BCUT2D eigenvalue weighted by atomic mass is 127. The monoisotopic (exact) mass is 432 g/mol. The van der Waals surface area contributed by atoms with Crippen LogP contribution in [0.3, 0.4) is 0 Å². The quantitative estimate of drug-likeness (QED) is 0.452. The molecule has 1 aromatic rings. The average molecular weight is 432 g/mol. The summed E-state index contributed by atoms with van der Waals surface area (Å²) in [6.07, 6.45) is 5.60. The molecule has 1 aliphatic carbocycles. The highest BCUT2D eigenvalue weighted by molar-refractivity contribution is 14.0. The molecule has 1 aromatic heterocycles. The van der Waals surface area contributed by atoms with E-state index in [0.717, 1.165) is 54.4 Å². The molecule has 1 saturated heterocycles. The maximum absolute atomic E-state index is 5.24. The lowest BCUT2D eigenvalue weighted by atomic mass is 9.82. The molecule has 0 radical (unpaired) electrons. The minimum Gasteiger partial charge on any atom is -0.361 e. The van der Waals surface area contributed by atoms with Gasteiger partial charge in [-0.1, -0.05) is 18.0 Å². The van der Waals surface area contributed by atoms with E-state index in [9.17, 15) is 0 Å². The Hall–Kier alpha value is -0.790. The van der Waals surface area contributed by atoms with Gasteiger partial charge < -0.3 is 14.7 Å². The summed E-state index contributed by atoms with van der Waals surface area (Å²) in [6.45, 7) is 9.97. The summed E-state index contributed by atoms with van der Waals surface area (Å²) in [4.78, 5) is 7.31. The van der Waals surface area contributed by atoms with Gasteiger partial charge in [-0.25, -0.2) is 4.99 Å². The van der Waals surface area contributed by atoms with Crippen LogP contribution in [0, 0.1) is 25.7 Å². The van der Waals surface area contributed by atoms with Gasteiger partial charge in [-0.2, -0.15) is 0 Å². The summed E-state index contributed by atoms with van der Waals surface area (Å²) in [5, 5.41) is 7.48. The molecule has 2 unspecified atom stereocenters. The van der Waals surface area contributed by atoms with E-state index in [1.54, 1.807) is 0 Å². The second-order valence-corrected chi connectivity index (χ2v) is 6.68. The van der Waals surface area contributed by atoms with Gasteiger partial charge >= 0.3 is 0 Å². The maximum Gasteiger partial charge on any atom is 0.194 e. The number of nitrogens with zero attached hydrogens (tertiary/aromatic N) is 3. The van der Waals surface area contributed by atoms with Crippen molar-refractivity contribution in [1.29, 1.82) is 0 Å². The molecule has 0 bridgehead atoms. The molecule has 0 spiro atoms. The largest absolute Gasteiger partial charge is 0.361 e. The van der Waals surface area contributed by atoms with Gasteiger partial charge in [-0.15, -0.1) is 24.0 Å². The fourth-order valence-electron chi connectivity index (χ4n) is 3.89. The summed E-state index contributed by atoms with van der Waals surface area (Å²) in [5.74, 6) is 3.68. The van der Waals surface area contributed by atoms with E-state index in [1.807, 2.05) is 13.8 Å². The number of guanidine groups is 1. The van der Waals surface area contributed by atoms with Gasteiger partial charge in [-0.3, -0.25) is 0 Å². The number of aliphatic imine (C=N–C) groups is 1. The van der Waals surface area contributed by atoms with Crippen molar-refractivity contribution in [3.05, 3.63) is 17.0 Å². The predicted molar refractivity (Wildman–Crippen MR) is 103 cm³/mol. The van der Waals surface area contributed by atoms with E-state index in [1.165, 1.54) is 25.7 Å². The Morgan fingerprint density at radius 2 is 1.91 bits per heavy atom. The molecule has 2 heterocycles. The molecular formula is C17H29IN4O.